The standard InChI is InChI=1S/C19H15FN2O4S/c1-10-3-6-13-14(7-10)26-19(2,9-16(23)24)17(25)22(13)18-21-12-5-4-11(20)8-15(12)27-18/h3-8H,9H2,1-2H3,(H,23,24). The minimum Gasteiger partial charge on any atom is -0.481 e. The molecule has 6 nitrogen and oxygen atoms in total. The molecule has 1 aromatic heterocycles. The van der Waals surface area contributed by atoms with Gasteiger partial charge in [0.1, 0.15) is 11.6 Å². The summed E-state index contributed by atoms with van der Waals surface area (Å²) in [7, 11) is 0. The summed E-state index contributed by atoms with van der Waals surface area (Å²) in [4.78, 5) is 30.3. The molecule has 0 bridgehead atoms. The van der Waals surface area contributed by atoms with Crippen molar-refractivity contribution in [3.8, 4) is 5.75 Å². The summed E-state index contributed by atoms with van der Waals surface area (Å²) in [6, 6.07) is 9.52. The maximum absolute atomic E-state index is 13.5. The maximum Gasteiger partial charge on any atom is 0.307 e. The number of carboxylic acid groups (broad SMARTS) is 1. The average molecular weight is 386 g/mol. The van der Waals surface area contributed by atoms with Crippen LogP contribution >= 0.6 is 11.3 Å². The van der Waals surface area contributed by atoms with Gasteiger partial charge in [-0.05, 0) is 49.7 Å². The molecule has 0 saturated carbocycles. The lowest BCUT2D eigenvalue weighted by Crippen LogP contribution is -2.53. The fourth-order valence-electron chi connectivity index (χ4n) is 3.09. The molecule has 1 unspecified atom stereocenters. The van der Waals surface area contributed by atoms with Crippen molar-refractivity contribution in [3.05, 3.63) is 47.8 Å². The van der Waals surface area contributed by atoms with E-state index < -0.39 is 29.7 Å². The highest BCUT2D eigenvalue weighted by atomic mass is 32.1. The van der Waals surface area contributed by atoms with E-state index in [-0.39, 0.29) is 0 Å². The van der Waals surface area contributed by atoms with Crippen molar-refractivity contribution in [2.75, 3.05) is 4.90 Å². The molecule has 1 atom stereocenters. The number of carboxylic acids is 1. The molecule has 8 heteroatoms. The number of carbonyl (C=O) groups is 2. The molecule has 27 heavy (non-hydrogen) atoms. The second kappa shape index (κ2) is 6.02. The van der Waals surface area contributed by atoms with Crippen molar-refractivity contribution >= 4 is 44.2 Å². The lowest BCUT2D eigenvalue weighted by Gasteiger charge is -2.38. The van der Waals surface area contributed by atoms with Crippen LogP contribution in [0.25, 0.3) is 10.2 Å². The van der Waals surface area contributed by atoms with Crippen molar-refractivity contribution in [2.45, 2.75) is 25.9 Å². The predicted octanol–water partition coefficient (Wildman–Crippen LogP) is 4.03. The van der Waals surface area contributed by atoms with Gasteiger partial charge in [0.15, 0.2) is 10.7 Å². The Balaban J connectivity index is 1.90. The van der Waals surface area contributed by atoms with Crippen LogP contribution in [0, 0.1) is 12.7 Å². The molecule has 1 amide bonds. The minimum absolute atomic E-state index is 0.339. The normalized spacial score (nSPS) is 19.1. The van der Waals surface area contributed by atoms with Gasteiger partial charge in [0.25, 0.3) is 5.91 Å². The quantitative estimate of drug-likeness (QED) is 0.735. The van der Waals surface area contributed by atoms with Gasteiger partial charge in [0.2, 0.25) is 0 Å². The second-order valence-electron chi connectivity index (χ2n) is 6.62. The van der Waals surface area contributed by atoms with E-state index in [4.69, 9.17) is 4.74 Å². The van der Waals surface area contributed by atoms with Crippen LogP contribution < -0.4 is 9.64 Å². The van der Waals surface area contributed by atoms with Crippen LogP contribution in [0.15, 0.2) is 36.4 Å². The third-order valence-electron chi connectivity index (χ3n) is 4.37. The first-order chi connectivity index (χ1) is 12.8. The Kier molecular flexibility index (Phi) is 3.88. The van der Waals surface area contributed by atoms with E-state index in [0.29, 0.717) is 26.8 Å². The molecule has 0 radical (unpaired) electrons. The number of rotatable bonds is 3. The van der Waals surface area contributed by atoms with Crippen molar-refractivity contribution < 1.29 is 23.8 Å². The fourth-order valence-corrected chi connectivity index (χ4v) is 4.10. The third-order valence-corrected chi connectivity index (χ3v) is 5.37. The molecular formula is C19H15FN2O4S. The zero-order chi connectivity index (χ0) is 19.3. The van der Waals surface area contributed by atoms with Gasteiger partial charge in [-0.15, -0.1) is 0 Å². The minimum atomic E-state index is -1.57. The molecule has 1 N–H and O–H groups in total. The van der Waals surface area contributed by atoms with E-state index in [2.05, 4.69) is 4.98 Å². The molecule has 4 rings (SSSR count). The van der Waals surface area contributed by atoms with Gasteiger partial charge in [-0.1, -0.05) is 17.4 Å². The predicted molar refractivity (Wildman–Crippen MR) is 99.2 cm³/mol. The summed E-state index contributed by atoms with van der Waals surface area (Å²) < 4.78 is 19.9. The van der Waals surface area contributed by atoms with E-state index in [1.165, 1.54) is 24.0 Å². The molecular weight excluding hydrogens is 371 g/mol. The highest BCUT2D eigenvalue weighted by Gasteiger charge is 2.47. The number of hydrogen-bond acceptors (Lipinski definition) is 5. The number of nitrogens with zero attached hydrogens (tertiary/aromatic N) is 2. The lowest BCUT2D eigenvalue weighted by atomic mass is 9.97. The van der Waals surface area contributed by atoms with Gasteiger partial charge in [-0.2, -0.15) is 0 Å². The highest BCUT2D eigenvalue weighted by Crippen LogP contribution is 2.45. The zero-order valence-corrected chi connectivity index (χ0v) is 15.3. The van der Waals surface area contributed by atoms with Crippen LogP contribution in [0.2, 0.25) is 0 Å². The number of aromatic nitrogens is 1. The largest absolute Gasteiger partial charge is 0.481 e. The summed E-state index contributed by atoms with van der Waals surface area (Å²) in [5.74, 6) is -1.66. The summed E-state index contributed by atoms with van der Waals surface area (Å²) in [6.45, 7) is 3.33. The first kappa shape index (κ1) is 17.4. The van der Waals surface area contributed by atoms with Gasteiger partial charge in [-0.25, -0.2) is 14.3 Å². The van der Waals surface area contributed by atoms with Crippen molar-refractivity contribution in [1.82, 2.24) is 4.98 Å². The number of thiazole rings is 1. The first-order valence-corrected chi connectivity index (χ1v) is 9.01. The number of halogens is 1. The summed E-state index contributed by atoms with van der Waals surface area (Å²) in [6.07, 6.45) is -0.491. The Hall–Kier alpha value is -3.00. The van der Waals surface area contributed by atoms with Crippen LogP contribution in [0.4, 0.5) is 15.2 Å². The average Bonchev–Trinajstić information content (AvgIpc) is 2.98. The van der Waals surface area contributed by atoms with Crippen molar-refractivity contribution in [1.29, 1.82) is 0 Å². The third kappa shape index (κ3) is 2.91. The topological polar surface area (TPSA) is 79.7 Å². The summed E-state index contributed by atoms with van der Waals surface area (Å²) in [5.41, 5.74) is 0.375. The number of hydrogen-bond donors (Lipinski definition) is 1. The first-order valence-electron chi connectivity index (χ1n) is 8.19. The number of amides is 1. The van der Waals surface area contributed by atoms with Gasteiger partial charge in [0, 0.05) is 0 Å². The molecule has 0 aliphatic carbocycles. The van der Waals surface area contributed by atoms with E-state index >= 15 is 0 Å². The Labute approximate surface area is 157 Å². The number of aliphatic carboxylic acids is 1. The van der Waals surface area contributed by atoms with Gasteiger partial charge >= 0.3 is 5.97 Å². The molecule has 0 saturated heterocycles. The Bertz CT molecular complexity index is 1100. The van der Waals surface area contributed by atoms with E-state index in [1.54, 1.807) is 18.2 Å². The smallest absolute Gasteiger partial charge is 0.307 e. The number of carbonyl (C=O) groups excluding carboxylic acids is 1. The Morgan fingerprint density at radius 2 is 2.11 bits per heavy atom. The number of aryl methyl sites for hydroxylation is 1. The summed E-state index contributed by atoms with van der Waals surface area (Å²) in [5, 5.41) is 9.59. The number of benzene rings is 2. The van der Waals surface area contributed by atoms with Gasteiger partial charge in [0.05, 0.1) is 22.3 Å². The molecule has 1 aliphatic heterocycles. The zero-order valence-electron chi connectivity index (χ0n) is 14.5. The fraction of sp³-hybridized carbons (Fsp3) is 0.211. The highest BCUT2D eigenvalue weighted by molar-refractivity contribution is 7.22. The van der Waals surface area contributed by atoms with E-state index in [0.717, 1.165) is 16.9 Å². The molecule has 0 spiro atoms. The van der Waals surface area contributed by atoms with Crippen LogP contribution in [0.1, 0.15) is 18.9 Å². The van der Waals surface area contributed by atoms with Crippen molar-refractivity contribution in [3.63, 3.8) is 0 Å². The Morgan fingerprint density at radius 3 is 2.85 bits per heavy atom. The summed E-state index contributed by atoms with van der Waals surface area (Å²) >= 11 is 1.16. The lowest BCUT2D eigenvalue weighted by molar-refractivity contribution is -0.148. The number of fused-ring (bicyclic) bond motifs is 2. The molecule has 138 valence electrons. The maximum atomic E-state index is 13.5. The van der Waals surface area contributed by atoms with E-state index in [9.17, 15) is 19.1 Å². The van der Waals surface area contributed by atoms with Crippen LogP contribution in [0.5, 0.6) is 5.75 Å². The molecule has 0 fully saturated rings. The van der Waals surface area contributed by atoms with Gasteiger partial charge < -0.3 is 9.84 Å². The van der Waals surface area contributed by atoms with E-state index in [1.807, 2.05) is 13.0 Å². The van der Waals surface area contributed by atoms with Crippen LogP contribution in [0.3, 0.4) is 0 Å². The van der Waals surface area contributed by atoms with Crippen LogP contribution in [-0.4, -0.2) is 27.6 Å². The monoisotopic (exact) mass is 386 g/mol. The Morgan fingerprint density at radius 1 is 1.33 bits per heavy atom. The number of ether oxygens (including phenoxy) is 1. The molecule has 2 heterocycles. The number of anilines is 2. The van der Waals surface area contributed by atoms with Gasteiger partial charge in [-0.3, -0.25) is 9.59 Å². The molecule has 2 aromatic carbocycles. The van der Waals surface area contributed by atoms with Crippen molar-refractivity contribution in [2.24, 2.45) is 0 Å². The molecule has 1 aliphatic rings. The SMILES string of the molecule is Cc1ccc2c(c1)OC(C)(CC(=O)O)C(=O)N2c1nc2ccc(F)cc2s1. The molecule has 3 aromatic rings. The second-order valence-corrected chi connectivity index (χ2v) is 7.63. The van der Waals surface area contributed by atoms with Crippen LogP contribution in [-0.2, 0) is 9.59 Å².